The molecule has 1 atom stereocenters. The van der Waals surface area contributed by atoms with Gasteiger partial charge in [0, 0.05) is 15.8 Å². The number of aliphatic imine (C=N–C) groups is 1. The number of thiophene rings is 1. The molecular weight excluding hydrogens is 525 g/mol. The fourth-order valence-corrected chi connectivity index (χ4v) is 6.32. The number of carbonyl (C=O) groups excluding carboxylic acids is 3. The molecular formula is C32H20FN3O3S. The molecule has 0 spiro atoms. The van der Waals surface area contributed by atoms with E-state index >= 15 is 4.39 Å². The van der Waals surface area contributed by atoms with Gasteiger partial charge in [-0.1, -0.05) is 60.7 Å². The molecule has 3 amide bonds. The number of amides is 3. The molecule has 0 radical (unpaired) electrons. The van der Waals surface area contributed by atoms with E-state index in [2.05, 4.69) is 0 Å². The first-order valence-corrected chi connectivity index (χ1v) is 13.6. The molecule has 0 N–H and O–H groups in total. The van der Waals surface area contributed by atoms with Crippen molar-refractivity contribution in [3.05, 3.63) is 136 Å². The number of hydrogen-bond donors (Lipinski definition) is 0. The summed E-state index contributed by atoms with van der Waals surface area (Å²) >= 11 is 1.57. The quantitative estimate of drug-likeness (QED) is 0.258. The molecule has 0 aliphatic carbocycles. The smallest absolute Gasteiger partial charge is 0.273 e. The van der Waals surface area contributed by atoms with Crippen molar-refractivity contribution in [2.24, 2.45) is 4.99 Å². The average Bonchev–Trinajstić information content (AvgIpc) is 3.47. The van der Waals surface area contributed by atoms with E-state index in [1.54, 1.807) is 83.0 Å². The molecule has 8 heteroatoms. The number of fused-ring (bicyclic) bond motifs is 3. The first-order chi connectivity index (χ1) is 19.5. The molecule has 1 unspecified atom stereocenters. The molecule has 0 saturated carbocycles. The van der Waals surface area contributed by atoms with Crippen LogP contribution >= 0.6 is 11.3 Å². The number of anilines is 1. The molecule has 2 aliphatic rings. The molecule has 194 valence electrons. The first kappa shape index (κ1) is 24.1. The Hall–Kier alpha value is -4.95. The van der Waals surface area contributed by atoms with Crippen LogP contribution in [0.3, 0.4) is 0 Å². The molecule has 4 aromatic carbocycles. The van der Waals surface area contributed by atoms with Crippen LogP contribution in [0, 0.1) is 5.82 Å². The van der Waals surface area contributed by atoms with Gasteiger partial charge in [0.05, 0.1) is 29.1 Å². The SMILES string of the molecule is O=C1C(N2C(=O)c3ccccc3C2=O)N=C(c2ccccc2F)c2ccccc2N1Cc1csc2ccccc12. The number of imide groups is 1. The molecule has 0 fully saturated rings. The summed E-state index contributed by atoms with van der Waals surface area (Å²) in [6.45, 7) is 0.180. The molecule has 6 nitrogen and oxygen atoms in total. The third-order valence-corrected chi connectivity index (χ3v) is 8.29. The Morgan fingerprint density at radius 2 is 1.32 bits per heavy atom. The highest BCUT2D eigenvalue weighted by molar-refractivity contribution is 7.17. The lowest BCUT2D eigenvalue weighted by Crippen LogP contribution is -2.49. The van der Waals surface area contributed by atoms with Gasteiger partial charge in [-0.25, -0.2) is 14.3 Å². The van der Waals surface area contributed by atoms with Crippen LogP contribution in [0.15, 0.2) is 107 Å². The molecule has 40 heavy (non-hydrogen) atoms. The summed E-state index contributed by atoms with van der Waals surface area (Å²) in [5.41, 5.74) is 2.75. The lowest BCUT2D eigenvalue weighted by atomic mass is 9.99. The summed E-state index contributed by atoms with van der Waals surface area (Å²) < 4.78 is 16.3. The largest absolute Gasteiger partial charge is 0.304 e. The third kappa shape index (κ3) is 3.68. The van der Waals surface area contributed by atoms with Gasteiger partial charge < -0.3 is 4.90 Å². The zero-order valence-electron chi connectivity index (χ0n) is 21.0. The van der Waals surface area contributed by atoms with E-state index in [0.717, 1.165) is 20.5 Å². The summed E-state index contributed by atoms with van der Waals surface area (Å²) in [6.07, 6.45) is -1.53. The summed E-state index contributed by atoms with van der Waals surface area (Å²) in [7, 11) is 0. The van der Waals surface area contributed by atoms with Crippen LogP contribution in [0.25, 0.3) is 10.1 Å². The molecule has 2 aliphatic heterocycles. The van der Waals surface area contributed by atoms with Crippen LogP contribution in [0.4, 0.5) is 10.1 Å². The topological polar surface area (TPSA) is 70.0 Å². The van der Waals surface area contributed by atoms with Crippen molar-refractivity contribution in [1.29, 1.82) is 0 Å². The van der Waals surface area contributed by atoms with Gasteiger partial charge in [-0.15, -0.1) is 11.3 Å². The number of carbonyl (C=O) groups is 3. The number of hydrogen-bond acceptors (Lipinski definition) is 5. The minimum Gasteiger partial charge on any atom is -0.304 e. The highest BCUT2D eigenvalue weighted by atomic mass is 32.1. The summed E-state index contributed by atoms with van der Waals surface area (Å²) in [4.78, 5) is 48.7. The fraction of sp³-hybridized carbons (Fsp3) is 0.0625. The van der Waals surface area contributed by atoms with Crippen molar-refractivity contribution in [3.8, 4) is 0 Å². The average molecular weight is 546 g/mol. The molecule has 0 bridgehead atoms. The fourth-order valence-electron chi connectivity index (χ4n) is 5.37. The Kier molecular flexibility index (Phi) is 5.64. The van der Waals surface area contributed by atoms with Crippen molar-refractivity contribution >= 4 is 50.5 Å². The number of para-hydroxylation sites is 1. The van der Waals surface area contributed by atoms with Crippen molar-refractivity contribution < 1.29 is 18.8 Å². The molecule has 3 heterocycles. The van der Waals surface area contributed by atoms with E-state index in [0.29, 0.717) is 11.3 Å². The predicted octanol–water partition coefficient (Wildman–Crippen LogP) is 6.05. The number of benzodiazepines with no additional fused rings is 1. The maximum Gasteiger partial charge on any atom is 0.273 e. The lowest BCUT2D eigenvalue weighted by Gasteiger charge is -2.28. The van der Waals surface area contributed by atoms with E-state index in [1.807, 2.05) is 29.6 Å². The first-order valence-electron chi connectivity index (χ1n) is 12.7. The van der Waals surface area contributed by atoms with Crippen LogP contribution in [-0.4, -0.2) is 34.5 Å². The summed E-state index contributed by atoms with van der Waals surface area (Å²) in [5.74, 6) is -2.30. The van der Waals surface area contributed by atoms with Gasteiger partial charge >= 0.3 is 0 Å². The van der Waals surface area contributed by atoms with Crippen LogP contribution in [0.1, 0.15) is 37.4 Å². The van der Waals surface area contributed by atoms with E-state index in [1.165, 1.54) is 6.07 Å². The van der Waals surface area contributed by atoms with Gasteiger partial charge in [0.25, 0.3) is 17.7 Å². The van der Waals surface area contributed by atoms with Crippen molar-refractivity contribution in [1.82, 2.24) is 4.90 Å². The maximum atomic E-state index is 15.2. The van der Waals surface area contributed by atoms with Crippen molar-refractivity contribution in [2.75, 3.05) is 4.90 Å². The van der Waals surface area contributed by atoms with Gasteiger partial charge in [-0.2, -0.15) is 0 Å². The molecule has 5 aromatic rings. The van der Waals surface area contributed by atoms with Gasteiger partial charge in [-0.05, 0) is 52.7 Å². The Morgan fingerprint density at radius 3 is 2.05 bits per heavy atom. The third-order valence-electron chi connectivity index (χ3n) is 7.28. The van der Waals surface area contributed by atoms with Crippen LogP contribution < -0.4 is 4.90 Å². The summed E-state index contributed by atoms with van der Waals surface area (Å²) in [6, 6.07) is 27.7. The minimum atomic E-state index is -1.53. The molecule has 1 aromatic heterocycles. The van der Waals surface area contributed by atoms with Gasteiger partial charge in [-0.3, -0.25) is 14.4 Å². The van der Waals surface area contributed by atoms with Gasteiger partial charge in [0.1, 0.15) is 5.82 Å². The second kappa shape index (κ2) is 9.36. The van der Waals surface area contributed by atoms with Crippen LogP contribution in [0.2, 0.25) is 0 Å². The molecule has 7 rings (SSSR count). The minimum absolute atomic E-state index is 0.173. The second-order valence-electron chi connectivity index (χ2n) is 9.56. The highest BCUT2D eigenvalue weighted by Crippen LogP contribution is 2.35. The Morgan fingerprint density at radius 1 is 0.725 bits per heavy atom. The number of benzene rings is 4. The van der Waals surface area contributed by atoms with Crippen LogP contribution in [0.5, 0.6) is 0 Å². The standard InChI is InChI=1S/C32H20FN3O3S/c33-25-14-6-3-12-23(25)28-24-13-4-7-15-26(24)35(17-19-18-40-27-16-8-5-9-20(19)27)32(39)29(34-28)36-30(37)21-10-1-2-11-22(21)31(36)38/h1-16,18,29H,17H2. The number of halogens is 1. The Bertz CT molecular complexity index is 1860. The van der Waals surface area contributed by atoms with E-state index in [-0.39, 0.29) is 28.9 Å². The number of nitrogens with zero attached hydrogens (tertiary/aromatic N) is 3. The highest BCUT2D eigenvalue weighted by Gasteiger charge is 2.46. The number of rotatable bonds is 4. The molecule has 0 saturated heterocycles. The normalized spacial score (nSPS) is 16.7. The predicted molar refractivity (Wildman–Crippen MR) is 152 cm³/mol. The van der Waals surface area contributed by atoms with Crippen molar-refractivity contribution in [2.45, 2.75) is 12.7 Å². The van der Waals surface area contributed by atoms with E-state index in [9.17, 15) is 14.4 Å². The van der Waals surface area contributed by atoms with E-state index < -0.39 is 29.7 Å². The zero-order chi connectivity index (χ0) is 27.4. The van der Waals surface area contributed by atoms with Gasteiger partial charge in [0.2, 0.25) is 6.17 Å². The van der Waals surface area contributed by atoms with E-state index in [4.69, 9.17) is 4.99 Å². The second-order valence-corrected chi connectivity index (χ2v) is 10.5. The lowest BCUT2D eigenvalue weighted by molar-refractivity contribution is -0.122. The maximum absolute atomic E-state index is 15.2. The Labute approximate surface area is 232 Å². The van der Waals surface area contributed by atoms with Crippen molar-refractivity contribution in [3.63, 3.8) is 0 Å². The monoisotopic (exact) mass is 545 g/mol. The summed E-state index contributed by atoms with van der Waals surface area (Å²) in [5, 5.41) is 3.01. The van der Waals surface area contributed by atoms with Gasteiger partial charge in [0.15, 0.2) is 0 Å². The Balaban J connectivity index is 1.44. The zero-order valence-corrected chi connectivity index (χ0v) is 21.8. The van der Waals surface area contributed by atoms with Crippen LogP contribution in [-0.2, 0) is 11.3 Å².